The zero-order valence-electron chi connectivity index (χ0n) is 17.7. The van der Waals surface area contributed by atoms with E-state index in [0.717, 1.165) is 64.1 Å². The summed E-state index contributed by atoms with van der Waals surface area (Å²) in [5, 5.41) is 3.77. The summed E-state index contributed by atoms with van der Waals surface area (Å²) >= 11 is 0. The molecule has 2 aliphatic rings. The lowest BCUT2D eigenvalue weighted by atomic mass is 10.1. The molecule has 2 aliphatic heterocycles. The van der Waals surface area contributed by atoms with Crippen LogP contribution < -0.4 is 10.9 Å². The first-order valence-corrected chi connectivity index (χ1v) is 11.3. The molecule has 1 N–H and O–H groups in total. The average molecular weight is 417 g/mol. The van der Waals surface area contributed by atoms with E-state index in [9.17, 15) is 9.59 Å². The standard InChI is InChI=1S/C25H28N4O2/c30-24(26-20-12-14-28(17-20)16-18-7-3-1-4-8-18)19-10-11-21-22(15-19)27-23-9-5-2-6-13-29(23)25(21)31/h1,3-4,7-8,10-11,15,20H,2,5-6,9,12-14,16-17H2,(H,26,30)/t20-/m1/s1. The zero-order valence-corrected chi connectivity index (χ0v) is 17.7. The van der Waals surface area contributed by atoms with Crippen molar-refractivity contribution in [1.82, 2.24) is 19.8 Å². The Labute approximate surface area is 181 Å². The van der Waals surface area contributed by atoms with Crippen LogP contribution in [0.3, 0.4) is 0 Å². The highest BCUT2D eigenvalue weighted by Gasteiger charge is 2.24. The number of benzene rings is 2. The third-order valence-electron chi connectivity index (χ3n) is 6.44. The third-order valence-corrected chi connectivity index (χ3v) is 6.44. The van der Waals surface area contributed by atoms with Crippen molar-refractivity contribution < 1.29 is 4.79 Å². The highest BCUT2D eigenvalue weighted by molar-refractivity contribution is 5.97. The third kappa shape index (κ3) is 4.26. The van der Waals surface area contributed by atoms with Crippen LogP contribution in [0.4, 0.5) is 0 Å². The number of amides is 1. The fourth-order valence-corrected chi connectivity index (χ4v) is 4.76. The molecule has 0 radical (unpaired) electrons. The number of likely N-dealkylation sites (tertiary alicyclic amines) is 1. The molecule has 160 valence electrons. The molecule has 3 heterocycles. The van der Waals surface area contributed by atoms with Crippen LogP contribution in [0.2, 0.25) is 0 Å². The van der Waals surface area contributed by atoms with E-state index >= 15 is 0 Å². The molecule has 1 amide bonds. The Morgan fingerprint density at radius 3 is 2.81 bits per heavy atom. The molecular formula is C25H28N4O2. The predicted octanol–water partition coefficient (Wildman–Crippen LogP) is 3.13. The number of rotatable bonds is 4. The van der Waals surface area contributed by atoms with Crippen molar-refractivity contribution in [3.63, 3.8) is 0 Å². The molecule has 0 saturated carbocycles. The van der Waals surface area contributed by atoms with Gasteiger partial charge in [0.15, 0.2) is 0 Å². The van der Waals surface area contributed by atoms with E-state index in [1.54, 1.807) is 18.2 Å². The minimum absolute atomic E-state index is 0.0150. The van der Waals surface area contributed by atoms with E-state index < -0.39 is 0 Å². The number of aromatic nitrogens is 2. The van der Waals surface area contributed by atoms with Gasteiger partial charge in [-0.1, -0.05) is 36.8 Å². The fraction of sp³-hybridized carbons (Fsp3) is 0.400. The van der Waals surface area contributed by atoms with Crippen LogP contribution in [0.25, 0.3) is 10.9 Å². The van der Waals surface area contributed by atoms with E-state index in [-0.39, 0.29) is 17.5 Å². The van der Waals surface area contributed by atoms with Gasteiger partial charge in [-0.05, 0) is 43.0 Å². The van der Waals surface area contributed by atoms with Crippen molar-refractivity contribution >= 4 is 16.8 Å². The molecule has 6 heteroatoms. The monoisotopic (exact) mass is 416 g/mol. The number of carbonyl (C=O) groups excluding carboxylic acids is 1. The van der Waals surface area contributed by atoms with E-state index in [1.165, 1.54) is 5.56 Å². The Kier molecular flexibility index (Phi) is 5.55. The second kappa shape index (κ2) is 8.63. The van der Waals surface area contributed by atoms with Gasteiger partial charge in [0.25, 0.3) is 11.5 Å². The Balaban J connectivity index is 1.29. The maximum atomic E-state index is 12.9. The summed E-state index contributed by atoms with van der Waals surface area (Å²) in [5.74, 6) is 0.755. The number of aryl methyl sites for hydroxylation is 1. The largest absolute Gasteiger partial charge is 0.348 e. The van der Waals surface area contributed by atoms with Gasteiger partial charge in [0.1, 0.15) is 5.82 Å². The Hall–Kier alpha value is -2.99. The van der Waals surface area contributed by atoms with Crippen molar-refractivity contribution in [2.45, 2.75) is 51.2 Å². The van der Waals surface area contributed by atoms with Crippen LogP contribution in [0, 0.1) is 0 Å². The molecule has 1 fully saturated rings. The van der Waals surface area contributed by atoms with Crippen LogP contribution in [0.1, 0.15) is 47.4 Å². The Morgan fingerprint density at radius 1 is 1.06 bits per heavy atom. The molecule has 5 rings (SSSR count). The topological polar surface area (TPSA) is 67.2 Å². The summed E-state index contributed by atoms with van der Waals surface area (Å²) < 4.78 is 1.81. The summed E-state index contributed by atoms with van der Waals surface area (Å²) in [7, 11) is 0. The molecule has 1 atom stereocenters. The molecule has 0 spiro atoms. The van der Waals surface area contributed by atoms with E-state index in [2.05, 4.69) is 34.5 Å². The van der Waals surface area contributed by atoms with Gasteiger partial charge in [0, 0.05) is 44.2 Å². The Morgan fingerprint density at radius 2 is 1.94 bits per heavy atom. The maximum Gasteiger partial charge on any atom is 0.261 e. The van der Waals surface area contributed by atoms with Crippen LogP contribution in [-0.4, -0.2) is 39.5 Å². The first-order chi connectivity index (χ1) is 15.2. The first-order valence-electron chi connectivity index (χ1n) is 11.3. The van der Waals surface area contributed by atoms with Crippen molar-refractivity contribution in [2.75, 3.05) is 13.1 Å². The predicted molar refractivity (Wildman–Crippen MR) is 121 cm³/mol. The van der Waals surface area contributed by atoms with Gasteiger partial charge in [-0.25, -0.2) is 4.98 Å². The maximum absolute atomic E-state index is 12.9. The smallest absolute Gasteiger partial charge is 0.261 e. The second-order valence-electron chi connectivity index (χ2n) is 8.71. The molecule has 1 aromatic heterocycles. The lowest BCUT2D eigenvalue weighted by Gasteiger charge is -2.17. The van der Waals surface area contributed by atoms with E-state index in [0.29, 0.717) is 16.5 Å². The van der Waals surface area contributed by atoms with E-state index in [4.69, 9.17) is 4.98 Å². The normalized spacial score (nSPS) is 19.2. The van der Waals surface area contributed by atoms with Crippen LogP contribution in [0.5, 0.6) is 0 Å². The van der Waals surface area contributed by atoms with Crippen LogP contribution in [0.15, 0.2) is 53.3 Å². The Bertz CT molecular complexity index is 1160. The number of nitrogens with one attached hydrogen (secondary N) is 1. The minimum Gasteiger partial charge on any atom is -0.348 e. The first kappa shape index (κ1) is 19.9. The minimum atomic E-state index is -0.0923. The summed E-state index contributed by atoms with van der Waals surface area (Å²) in [4.78, 5) is 32.9. The summed E-state index contributed by atoms with van der Waals surface area (Å²) in [6.45, 7) is 3.46. The number of nitrogens with zero attached hydrogens (tertiary/aromatic N) is 3. The molecule has 3 aromatic rings. The number of carbonyl (C=O) groups is 1. The number of hydrogen-bond donors (Lipinski definition) is 1. The molecule has 0 unspecified atom stereocenters. The van der Waals surface area contributed by atoms with E-state index in [1.807, 2.05) is 10.6 Å². The number of fused-ring (bicyclic) bond motifs is 2. The van der Waals surface area contributed by atoms with Gasteiger partial charge in [-0.3, -0.25) is 19.1 Å². The fourth-order valence-electron chi connectivity index (χ4n) is 4.76. The molecule has 0 bridgehead atoms. The van der Waals surface area contributed by atoms with Crippen molar-refractivity contribution in [3.8, 4) is 0 Å². The van der Waals surface area contributed by atoms with Crippen molar-refractivity contribution in [1.29, 1.82) is 0 Å². The van der Waals surface area contributed by atoms with Crippen molar-refractivity contribution in [3.05, 3.63) is 75.8 Å². The van der Waals surface area contributed by atoms with Gasteiger partial charge in [-0.2, -0.15) is 0 Å². The molecule has 1 saturated heterocycles. The van der Waals surface area contributed by atoms with Gasteiger partial charge in [0.05, 0.1) is 10.9 Å². The lowest BCUT2D eigenvalue weighted by Crippen LogP contribution is -2.37. The summed E-state index contributed by atoms with van der Waals surface area (Å²) in [6, 6.07) is 15.8. The molecule has 0 aliphatic carbocycles. The molecule has 2 aromatic carbocycles. The van der Waals surface area contributed by atoms with Gasteiger partial charge in [0.2, 0.25) is 0 Å². The van der Waals surface area contributed by atoms with Crippen LogP contribution in [-0.2, 0) is 19.5 Å². The average Bonchev–Trinajstić information content (AvgIpc) is 3.07. The van der Waals surface area contributed by atoms with Gasteiger partial charge in [-0.15, -0.1) is 0 Å². The van der Waals surface area contributed by atoms with Crippen LogP contribution >= 0.6 is 0 Å². The molecule has 31 heavy (non-hydrogen) atoms. The summed E-state index contributed by atoms with van der Waals surface area (Å²) in [6.07, 6.45) is 4.96. The zero-order chi connectivity index (χ0) is 21.2. The highest BCUT2D eigenvalue weighted by Crippen LogP contribution is 2.18. The molecule has 6 nitrogen and oxygen atoms in total. The second-order valence-corrected chi connectivity index (χ2v) is 8.71. The van der Waals surface area contributed by atoms with Crippen molar-refractivity contribution in [2.24, 2.45) is 0 Å². The quantitative estimate of drug-likeness (QED) is 0.710. The van der Waals surface area contributed by atoms with Gasteiger partial charge >= 0.3 is 0 Å². The lowest BCUT2D eigenvalue weighted by molar-refractivity contribution is 0.0937. The highest BCUT2D eigenvalue weighted by atomic mass is 16.1. The number of hydrogen-bond acceptors (Lipinski definition) is 4. The summed E-state index contributed by atoms with van der Waals surface area (Å²) in [5.41, 5.74) is 2.50. The SMILES string of the molecule is O=C(N[C@@H]1CCN(Cc2ccccc2)C1)c1ccc2c(=O)n3c(nc2c1)CCCCC3. The molecular weight excluding hydrogens is 388 g/mol. The van der Waals surface area contributed by atoms with Gasteiger partial charge < -0.3 is 5.32 Å².